The van der Waals surface area contributed by atoms with E-state index in [1.165, 1.54) is 6.21 Å². The molecule has 0 aliphatic carbocycles. The minimum absolute atomic E-state index is 0.159. The molecule has 1 aliphatic heterocycles. The predicted molar refractivity (Wildman–Crippen MR) is 36.7 cm³/mol. The van der Waals surface area contributed by atoms with Gasteiger partial charge < -0.3 is 10.1 Å². The zero-order valence-corrected chi connectivity index (χ0v) is 5.58. The van der Waals surface area contributed by atoms with Gasteiger partial charge in [-0.25, -0.2) is 4.99 Å². The number of nitrogens with one attached hydrogen (secondary N) is 1. The highest BCUT2D eigenvalue weighted by atomic mass is 16.5. The smallest absolute Gasteiger partial charge is 0.161 e. The second-order valence-corrected chi connectivity index (χ2v) is 1.94. The topological polar surface area (TPSA) is 57.4 Å². The number of nitrogens with zero attached hydrogens (tertiary/aromatic N) is 2. The molecule has 1 saturated heterocycles. The van der Waals surface area contributed by atoms with E-state index in [0.29, 0.717) is 13.2 Å². The highest BCUT2D eigenvalue weighted by Gasteiger charge is 2.09. The van der Waals surface area contributed by atoms with Gasteiger partial charge in [-0.1, -0.05) is 0 Å². The summed E-state index contributed by atoms with van der Waals surface area (Å²) in [5, 5.41) is 11.2. The number of aliphatic imine (C=N–C) groups is 1. The van der Waals surface area contributed by atoms with E-state index in [0.717, 1.165) is 6.54 Å². The highest BCUT2D eigenvalue weighted by molar-refractivity contribution is 5.74. The van der Waals surface area contributed by atoms with Crippen LogP contribution in [0, 0.1) is 11.3 Å². The van der Waals surface area contributed by atoms with Crippen molar-refractivity contribution in [3.8, 4) is 6.07 Å². The molecule has 0 radical (unpaired) electrons. The largest absolute Gasteiger partial charge is 0.354 e. The van der Waals surface area contributed by atoms with Gasteiger partial charge in [0, 0.05) is 13.1 Å². The van der Waals surface area contributed by atoms with Crippen molar-refractivity contribution in [2.75, 3.05) is 19.7 Å². The van der Waals surface area contributed by atoms with Gasteiger partial charge in [0.25, 0.3) is 0 Å². The first-order chi connectivity index (χ1) is 4.93. The first-order valence-corrected chi connectivity index (χ1v) is 3.17. The molecule has 10 heavy (non-hydrogen) atoms. The van der Waals surface area contributed by atoms with Gasteiger partial charge in [0.05, 0.1) is 6.61 Å². The van der Waals surface area contributed by atoms with Crippen LogP contribution in [0.1, 0.15) is 0 Å². The summed E-state index contributed by atoms with van der Waals surface area (Å²) in [6.45, 7) is 2.25. The first-order valence-electron chi connectivity index (χ1n) is 3.17. The summed E-state index contributed by atoms with van der Waals surface area (Å²) < 4.78 is 5.17. The Balaban J connectivity index is 2.27. The standard InChI is InChI=1S/C6H9N3O/c7-1-2-9-6-5-8-3-4-10-6/h2,6,8H,3-5H2/b9-2+. The molecule has 0 aromatic heterocycles. The molecule has 0 amide bonds. The lowest BCUT2D eigenvalue weighted by Gasteiger charge is -2.19. The molecule has 1 unspecified atom stereocenters. The summed E-state index contributed by atoms with van der Waals surface area (Å²) in [6.07, 6.45) is 1.05. The van der Waals surface area contributed by atoms with E-state index in [1.54, 1.807) is 0 Å². The fourth-order valence-electron chi connectivity index (χ4n) is 0.764. The lowest BCUT2D eigenvalue weighted by Crippen LogP contribution is -2.37. The Hall–Kier alpha value is -0.920. The Morgan fingerprint density at radius 3 is 3.30 bits per heavy atom. The number of ether oxygens (including phenoxy) is 1. The van der Waals surface area contributed by atoms with Gasteiger partial charge in [0.15, 0.2) is 6.23 Å². The van der Waals surface area contributed by atoms with Gasteiger partial charge in [0.1, 0.15) is 12.3 Å². The van der Waals surface area contributed by atoms with Crippen molar-refractivity contribution in [2.45, 2.75) is 6.23 Å². The summed E-state index contributed by atoms with van der Waals surface area (Å²) in [4.78, 5) is 3.83. The monoisotopic (exact) mass is 139 g/mol. The number of rotatable bonds is 1. The number of nitriles is 1. The van der Waals surface area contributed by atoms with Crippen molar-refractivity contribution >= 4 is 6.21 Å². The Bertz CT molecular complexity index is 155. The van der Waals surface area contributed by atoms with Crippen LogP contribution in [0.4, 0.5) is 0 Å². The van der Waals surface area contributed by atoms with E-state index in [1.807, 2.05) is 6.07 Å². The van der Waals surface area contributed by atoms with E-state index in [2.05, 4.69) is 10.3 Å². The lowest BCUT2D eigenvalue weighted by atomic mass is 10.4. The van der Waals surface area contributed by atoms with Crippen molar-refractivity contribution < 1.29 is 4.74 Å². The number of hydrogen-bond donors (Lipinski definition) is 1. The molecule has 0 bridgehead atoms. The van der Waals surface area contributed by atoms with Crippen LogP contribution in [0.2, 0.25) is 0 Å². The molecule has 0 aromatic carbocycles. The molecule has 0 saturated carbocycles. The molecule has 4 heteroatoms. The number of morpholine rings is 1. The van der Waals surface area contributed by atoms with E-state index in [4.69, 9.17) is 10.00 Å². The lowest BCUT2D eigenvalue weighted by molar-refractivity contribution is 0.0352. The Morgan fingerprint density at radius 2 is 2.70 bits per heavy atom. The van der Waals surface area contributed by atoms with Crippen LogP contribution < -0.4 is 5.32 Å². The maximum atomic E-state index is 8.12. The van der Waals surface area contributed by atoms with Gasteiger partial charge in [-0.05, 0) is 0 Å². The molecule has 54 valence electrons. The molecule has 1 aliphatic rings. The quantitative estimate of drug-likeness (QED) is 0.499. The van der Waals surface area contributed by atoms with Gasteiger partial charge in [-0.2, -0.15) is 5.26 Å². The van der Waals surface area contributed by atoms with Gasteiger partial charge >= 0.3 is 0 Å². The summed E-state index contributed by atoms with van der Waals surface area (Å²) in [7, 11) is 0. The van der Waals surface area contributed by atoms with Crippen molar-refractivity contribution in [2.24, 2.45) is 4.99 Å². The summed E-state index contributed by atoms with van der Waals surface area (Å²) in [6, 6.07) is 1.82. The third kappa shape index (κ3) is 2.13. The molecule has 0 aromatic rings. The fraction of sp³-hybridized carbons (Fsp3) is 0.667. The SMILES string of the molecule is N#C/C=N/C1CNCCO1. The number of hydrogen-bond acceptors (Lipinski definition) is 4. The van der Waals surface area contributed by atoms with Crippen LogP contribution in [0.25, 0.3) is 0 Å². The van der Waals surface area contributed by atoms with Crippen LogP contribution in [-0.4, -0.2) is 32.1 Å². The molecule has 1 rings (SSSR count). The Labute approximate surface area is 59.5 Å². The van der Waals surface area contributed by atoms with Gasteiger partial charge in [0.2, 0.25) is 0 Å². The molecular formula is C6H9N3O. The zero-order valence-electron chi connectivity index (χ0n) is 5.58. The second kappa shape index (κ2) is 3.99. The van der Waals surface area contributed by atoms with E-state index in [-0.39, 0.29) is 6.23 Å². The zero-order chi connectivity index (χ0) is 7.23. The average molecular weight is 139 g/mol. The third-order valence-corrected chi connectivity index (χ3v) is 1.21. The maximum absolute atomic E-state index is 8.12. The summed E-state index contributed by atoms with van der Waals surface area (Å²) in [5.41, 5.74) is 0. The van der Waals surface area contributed by atoms with Crippen LogP contribution in [0.15, 0.2) is 4.99 Å². The first kappa shape index (κ1) is 7.19. The van der Waals surface area contributed by atoms with Crippen molar-refractivity contribution in [1.29, 1.82) is 5.26 Å². The van der Waals surface area contributed by atoms with Crippen LogP contribution in [0.5, 0.6) is 0 Å². The summed E-state index contributed by atoms with van der Waals surface area (Å²) >= 11 is 0. The predicted octanol–water partition coefficient (Wildman–Crippen LogP) is -0.473. The molecule has 1 fully saturated rings. The highest BCUT2D eigenvalue weighted by Crippen LogP contribution is 1.95. The molecule has 1 atom stereocenters. The van der Waals surface area contributed by atoms with Crippen molar-refractivity contribution in [1.82, 2.24) is 5.32 Å². The molecule has 0 spiro atoms. The minimum Gasteiger partial charge on any atom is -0.354 e. The Kier molecular flexibility index (Phi) is 2.87. The van der Waals surface area contributed by atoms with Crippen LogP contribution >= 0.6 is 0 Å². The second-order valence-electron chi connectivity index (χ2n) is 1.94. The van der Waals surface area contributed by atoms with Crippen LogP contribution in [-0.2, 0) is 4.74 Å². The van der Waals surface area contributed by atoms with E-state index >= 15 is 0 Å². The van der Waals surface area contributed by atoms with E-state index < -0.39 is 0 Å². The van der Waals surface area contributed by atoms with Crippen molar-refractivity contribution in [3.63, 3.8) is 0 Å². The Morgan fingerprint density at radius 1 is 1.80 bits per heavy atom. The van der Waals surface area contributed by atoms with Gasteiger partial charge in [-0.15, -0.1) is 0 Å². The van der Waals surface area contributed by atoms with Gasteiger partial charge in [-0.3, -0.25) is 0 Å². The van der Waals surface area contributed by atoms with E-state index in [9.17, 15) is 0 Å². The fourth-order valence-corrected chi connectivity index (χ4v) is 0.764. The third-order valence-electron chi connectivity index (χ3n) is 1.21. The van der Waals surface area contributed by atoms with Crippen LogP contribution in [0.3, 0.4) is 0 Å². The molecule has 4 nitrogen and oxygen atoms in total. The maximum Gasteiger partial charge on any atom is 0.161 e. The normalized spacial score (nSPS) is 26.5. The summed E-state index contributed by atoms with van der Waals surface area (Å²) in [5.74, 6) is 0. The molecule has 1 N–H and O–H groups in total. The molecule has 1 heterocycles. The molecular weight excluding hydrogens is 130 g/mol. The average Bonchev–Trinajstić information content (AvgIpc) is 2.03. The van der Waals surface area contributed by atoms with Crippen molar-refractivity contribution in [3.05, 3.63) is 0 Å². The minimum atomic E-state index is -0.159.